The number of hydrogen-bond donors (Lipinski definition) is 1. The van der Waals surface area contributed by atoms with Crippen LogP contribution in [-0.4, -0.2) is 22.6 Å². The van der Waals surface area contributed by atoms with Crippen LogP contribution in [0.15, 0.2) is 54.9 Å². The molecule has 0 atom stereocenters. The first-order valence-electron chi connectivity index (χ1n) is 6.23. The summed E-state index contributed by atoms with van der Waals surface area (Å²) in [5.41, 5.74) is 8.48. The van der Waals surface area contributed by atoms with E-state index in [-0.39, 0.29) is 5.91 Å². The molecule has 0 saturated carbocycles. The Kier molecular flexibility index (Phi) is 2.87. The zero-order valence-corrected chi connectivity index (χ0v) is 11.0. The van der Waals surface area contributed by atoms with Crippen molar-refractivity contribution in [2.24, 2.45) is 0 Å². The fraction of sp³-hybridized carbons (Fsp3) is 0.0667. The van der Waals surface area contributed by atoms with Gasteiger partial charge in [-0.2, -0.15) is 5.10 Å². The Bertz CT molecular complexity index is 778. The normalized spacial score (nSPS) is 10.7. The van der Waals surface area contributed by atoms with Crippen molar-refractivity contribution in [2.75, 3.05) is 17.7 Å². The molecule has 0 aliphatic carbocycles. The third kappa shape index (κ3) is 1.99. The van der Waals surface area contributed by atoms with Crippen LogP contribution >= 0.6 is 0 Å². The highest BCUT2D eigenvalue weighted by Gasteiger charge is 2.17. The number of carbonyl (C=O) groups is 1. The average Bonchev–Trinajstić information content (AvgIpc) is 2.89. The maximum Gasteiger partial charge on any atom is 0.261 e. The summed E-state index contributed by atoms with van der Waals surface area (Å²) in [5, 5.41) is 4.18. The first-order chi connectivity index (χ1) is 9.66. The van der Waals surface area contributed by atoms with Gasteiger partial charge in [0.25, 0.3) is 5.91 Å². The van der Waals surface area contributed by atoms with Crippen LogP contribution in [0.4, 0.5) is 11.4 Å². The molecule has 5 nitrogen and oxygen atoms in total. The van der Waals surface area contributed by atoms with E-state index in [0.717, 1.165) is 11.2 Å². The summed E-state index contributed by atoms with van der Waals surface area (Å²) in [7, 11) is 1.73. The smallest absolute Gasteiger partial charge is 0.261 e. The van der Waals surface area contributed by atoms with Gasteiger partial charge in [0.2, 0.25) is 0 Å². The molecule has 1 amide bonds. The summed E-state index contributed by atoms with van der Waals surface area (Å²) in [4.78, 5) is 14.1. The van der Waals surface area contributed by atoms with Crippen molar-refractivity contribution in [1.29, 1.82) is 0 Å². The number of anilines is 2. The molecule has 3 aromatic rings. The SMILES string of the molecule is CN(C(=O)c1cnn2ccccc12)c1cccc(N)c1. The fourth-order valence-corrected chi connectivity index (χ4v) is 2.13. The first-order valence-corrected chi connectivity index (χ1v) is 6.23. The van der Waals surface area contributed by atoms with E-state index in [1.165, 1.54) is 0 Å². The zero-order chi connectivity index (χ0) is 14.1. The maximum atomic E-state index is 12.6. The van der Waals surface area contributed by atoms with Gasteiger partial charge in [-0.3, -0.25) is 4.79 Å². The second kappa shape index (κ2) is 4.70. The number of benzene rings is 1. The van der Waals surface area contributed by atoms with Crippen LogP contribution in [0.2, 0.25) is 0 Å². The van der Waals surface area contributed by atoms with Gasteiger partial charge >= 0.3 is 0 Å². The van der Waals surface area contributed by atoms with E-state index in [4.69, 9.17) is 5.73 Å². The van der Waals surface area contributed by atoms with Crippen molar-refractivity contribution in [3.05, 3.63) is 60.4 Å². The topological polar surface area (TPSA) is 63.6 Å². The number of aromatic nitrogens is 2. The van der Waals surface area contributed by atoms with Crippen molar-refractivity contribution in [1.82, 2.24) is 9.61 Å². The molecular formula is C15H14N4O. The van der Waals surface area contributed by atoms with Crippen LogP contribution in [-0.2, 0) is 0 Å². The van der Waals surface area contributed by atoms with E-state index in [1.807, 2.05) is 36.5 Å². The molecule has 5 heteroatoms. The van der Waals surface area contributed by atoms with Crippen molar-refractivity contribution in [2.45, 2.75) is 0 Å². The molecular weight excluding hydrogens is 252 g/mol. The highest BCUT2D eigenvalue weighted by atomic mass is 16.2. The van der Waals surface area contributed by atoms with Crippen LogP contribution in [0, 0.1) is 0 Å². The minimum atomic E-state index is -0.114. The average molecular weight is 266 g/mol. The lowest BCUT2D eigenvalue weighted by Crippen LogP contribution is -2.26. The van der Waals surface area contributed by atoms with Crippen molar-refractivity contribution in [3.8, 4) is 0 Å². The Hall–Kier alpha value is -2.82. The van der Waals surface area contributed by atoms with Gasteiger partial charge in [0.05, 0.1) is 17.3 Å². The lowest BCUT2D eigenvalue weighted by atomic mass is 10.2. The van der Waals surface area contributed by atoms with E-state index in [0.29, 0.717) is 11.3 Å². The number of fused-ring (bicyclic) bond motifs is 1. The molecule has 0 aliphatic rings. The third-order valence-electron chi connectivity index (χ3n) is 3.22. The Morgan fingerprint density at radius 3 is 2.90 bits per heavy atom. The number of nitrogens with zero attached hydrogens (tertiary/aromatic N) is 3. The minimum Gasteiger partial charge on any atom is -0.399 e. The lowest BCUT2D eigenvalue weighted by molar-refractivity contribution is 0.0994. The molecule has 0 bridgehead atoms. The summed E-state index contributed by atoms with van der Waals surface area (Å²) >= 11 is 0. The predicted molar refractivity (Wildman–Crippen MR) is 78.8 cm³/mol. The second-order valence-corrected chi connectivity index (χ2v) is 4.55. The van der Waals surface area contributed by atoms with E-state index in [1.54, 1.807) is 34.8 Å². The van der Waals surface area contributed by atoms with E-state index < -0.39 is 0 Å². The first kappa shape index (κ1) is 12.2. The third-order valence-corrected chi connectivity index (χ3v) is 3.22. The van der Waals surface area contributed by atoms with Gasteiger partial charge in [-0.25, -0.2) is 4.52 Å². The Morgan fingerprint density at radius 2 is 2.10 bits per heavy atom. The number of amides is 1. The summed E-state index contributed by atoms with van der Waals surface area (Å²) in [6.07, 6.45) is 3.40. The molecule has 1 aromatic carbocycles. The van der Waals surface area contributed by atoms with E-state index >= 15 is 0 Å². The van der Waals surface area contributed by atoms with Crippen molar-refractivity contribution < 1.29 is 4.79 Å². The molecule has 0 fully saturated rings. The molecule has 2 aromatic heterocycles. The maximum absolute atomic E-state index is 12.6. The number of nitrogen functional groups attached to an aromatic ring is 1. The summed E-state index contributed by atoms with van der Waals surface area (Å²) in [5.74, 6) is -0.114. The van der Waals surface area contributed by atoms with Crippen molar-refractivity contribution >= 4 is 22.8 Å². The van der Waals surface area contributed by atoms with Crippen LogP contribution in [0.5, 0.6) is 0 Å². The molecule has 3 rings (SSSR count). The molecule has 0 aliphatic heterocycles. The second-order valence-electron chi connectivity index (χ2n) is 4.55. The molecule has 0 unspecified atom stereocenters. The van der Waals surface area contributed by atoms with E-state index in [9.17, 15) is 4.79 Å². The number of rotatable bonds is 2. The number of hydrogen-bond acceptors (Lipinski definition) is 3. The van der Waals surface area contributed by atoms with Gasteiger partial charge in [-0.1, -0.05) is 12.1 Å². The minimum absolute atomic E-state index is 0.114. The highest BCUT2D eigenvalue weighted by Crippen LogP contribution is 2.20. The molecule has 2 heterocycles. The molecule has 0 radical (unpaired) electrons. The molecule has 100 valence electrons. The zero-order valence-electron chi connectivity index (χ0n) is 11.0. The van der Waals surface area contributed by atoms with Crippen LogP contribution in [0.25, 0.3) is 5.52 Å². The molecule has 20 heavy (non-hydrogen) atoms. The molecule has 2 N–H and O–H groups in total. The Balaban J connectivity index is 2.00. The number of pyridine rings is 1. The van der Waals surface area contributed by atoms with Gasteiger partial charge in [0, 0.05) is 24.6 Å². The Morgan fingerprint density at radius 1 is 1.25 bits per heavy atom. The fourth-order valence-electron chi connectivity index (χ4n) is 2.13. The lowest BCUT2D eigenvalue weighted by Gasteiger charge is -2.17. The van der Waals surface area contributed by atoms with Crippen molar-refractivity contribution in [3.63, 3.8) is 0 Å². The molecule has 0 saturated heterocycles. The van der Waals surface area contributed by atoms with Crippen LogP contribution in [0.1, 0.15) is 10.4 Å². The quantitative estimate of drug-likeness (QED) is 0.723. The summed E-state index contributed by atoms with van der Waals surface area (Å²) in [6.45, 7) is 0. The van der Waals surface area contributed by atoms with Gasteiger partial charge in [0.1, 0.15) is 0 Å². The largest absolute Gasteiger partial charge is 0.399 e. The molecule has 0 spiro atoms. The standard InChI is InChI=1S/C15H14N4O/c1-18(12-6-4-5-11(16)9-12)15(20)13-10-17-19-8-3-2-7-14(13)19/h2-10H,16H2,1H3. The van der Waals surface area contributed by atoms with Gasteiger partial charge in [-0.15, -0.1) is 0 Å². The highest BCUT2D eigenvalue weighted by molar-refractivity contribution is 6.10. The Labute approximate surface area is 116 Å². The van der Waals surface area contributed by atoms with Gasteiger partial charge in [0.15, 0.2) is 0 Å². The summed E-state index contributed by atoms with van der Waals surface area (Å²) < 4.78 is 1.68. The number of carbonyl (C=O) groups excluding carboxylic acids is 1. The van der Waals surface area contributed by atoms with Crippen LogP contribution < -0.4 is 10.6 Å². The van der Waals surface area contributed by atoms with Crippen LogP contribution in [0.3, 0.4) is 0 Å². The van der Waals surface area contributed by atoms with Gasteiger partial charge in [-0.05, 0) is 30.3 Å². The van der Waals surface area contributed by atoms with E-state index in [2.05, 4.69) is 5.10 Å². The monoisotopic (exact) mass is 266 g/mol. The summed E-state index contributed by atoms with van der Waals surface area (Å²) in [6, 6.07) is 12.9. The predicted octanol–water partition coefficient (Wildman–Crippen LogP) is 2.19. The van der Waals surface area contributed by atoms with Gasteiger partial charge < -0.3 is 10.6 Å². The number of nitrogens with two attached hydrogens (primary N) is 1.